The molecule has 0 fully saturated rings. The van der Waals surface area contributed by atoms with Gasteiger partial charge in [0.15, 0.2) is 5.78 Å². The molecule has 0 aromatic heterocycles. The standard InChI is InChI=1S/C11H10BrClO3/c1-6(14)11(13)8-4-2-3-7(10(8)12)5-9(15)16/h2-4,11H,5H2,1H3,(H,15,16). The van der Waals surface area contributed by atoms with Crippen molar-refractivity contribution in [2.75, 3.05) is 0 Å². The van der Waals surface area contributed by atoms with Crippen LogP contribution in [0.2, 0.25) is 0 Å². The first kappa shape index (κ1) is 13.2. The Bertz CT molecular complexity index is 431. The molecule has 1 aromatic rings. The first-order valence-electron chi connectivity index (χ1n) is 4.57. The molecule has 1 rings (SSSR count). The molecule has 0 heterocycles. The van der Waals surface area contributed by atoms with Crippen molar-refractivity contribution in [3.05, 3.63) is 33.8 Å². The first-order valence-corrected chi connectivity index (χ1v) is 5.80. The van der Waals surface area contributed by atoms with Gasteiger partial charge in [-0.15, -0.1) is 11.6 Å². The number of hydrogen-bond donors (Lipinski definition) is 1. The summed E-state index contributed by atoms with van der Waals surface area (Å²) in [6.45, 7) is 1.40. The van der Waals surface area contributed by atoms with E-state index >= 15 is 0 Å². The summed E-state index contributed by atoms with van der Waals surface area (Å²) < 4.78 is 0.590. The van der Waals surface area contributed by atoms with E-state index in [1.807, 2.05) is 0 Å². The molecule has 1 atom stereocenters. The van der Waals surface area contributed by atoms with E-state index < -0.39 is 11.3 Å². The number of carbonyl (C=O) groups is 2. The van der Waals surface area contributed by atoms with Gasteiger partial charge in [-0.3, -0.25) is 9.59 Å². The van der Waals surface area contributed by atoms with Gasteiger partial charge in [-0.25, -0.2) is 0 Å². The van der Waals surface area contributed by atoms with E-state index in [4.69, 9.17) is 16.7 Å². The summed E-state index contributed by atoms with van der Waals surface area (Å²) in [6, 6.07) is 5.08. The number of Topliss-reactive ketones (excluding diaryl/α,β-unsaturated/α-hetero) is 1. The topological polar surface area (TPSA) is 54.4 Å². The molecule has 1 N–H and O–H groups in total. The second kappa shape index (κ2) is 5.46. The fourth-order valence-corrected chi connectivity index (χ4v) is 2.26. The Kier molecular flexibility index (Phi) is 4.50. The highest BCUT2D eigenvalue weighted by Gasteiger charge is 2.18. The summed E-state index contributed by atoms with van der Waals surface area (Å²) in [5.74, 6) is -1.10. The Labute approximate surface area is 107 Å². The van der Waals surface area contributed by atoms with Crippen molar-refractivity contribution in [2.45, 2.75) is 18.7 Å². The van der Waals surface area contributed by atoms with Gasteiger partial charge in [0, 0.05) is 4.47 Å². The lowest BCUT2D eigenvalue weighted by molar-refractivity contribution is -0.136. The molecule has 0 amide bonds. The number of carboxylic acids is 1. The molecular formula is C11H10BrClO3. The van der Waals surface area contributed by atoms with Crippen molar-refractivity contribution in [3.63, 3.8) is 0 Å². The molecule has 86 valence electrons. The monoisotopic (exact) mass is 304 g/mol. The van der Waals surface area contributed by atoms with Crippen LogP contribution in [0.4, 0.5) is 0 Å². The third-order valence-corrected chi connectivity index (χ3v) is 3.59. The zero-order valence-electron chi connectivity index (χ0n) is 8.54. The predicted octanol–water partition coefficient (Wildman–Crippen LogP) is 2.95. The largest absolute Gasteiger partial charge is 0.481 e. The molecule has 0 saturated heterocycles. The molecule has 0 aliphatic carbocycles. The second-order valence-corrected chi connectivity index (χ2v) is 4.59. The minimum atomic E-state index is -0.924. The van der Waals surface area contributed by atoms with E-state index in [1.54, 1.807) is 18.2 Å². The molecular weight excluding hydrogens is 295 g/mol. The average Bonchev–Trinajstić information content (AvgIpc) is 2.19. The number of ketones is 1. The van der Waals surface area contributed by atoms with Crippen LogP contribution in [-0.4, -0.2) is 16.9 Å². The molecule has 0 aliphatic heterocycles. The van der Waals surface area contributed by atoms with Gasteiger partial charge in [0.1, 0.15) is 5.38 Å². The van der Waals surface area contributed by atoms with Crippen molar-refractivity contribution in [1.29, 1.82) is 0 Å². The van der Waals surface area contributed by atoms with Gasteiger partial charge in [-0.1, -0.05) is 34.1 Å². The maximum atomic E-state index is 11.2. The third kappa shape index (κ3) is 3.06. The molecule has 1 aromatic carbocycles. The lowest BCUT2D eigenvalue weighted by Gasteiger charge is -2.11. The zero-order chi connectivity index (χ0) is 12.3. The van der Waals surface area contributed by atoms with Crippen LogP contribution in [-0.2, 0) is 16.0 Å². The molecule has 3 nitrogen and oxygen atoms in total. The van der Waals surface area contributed by atoms with Gasteiger partial charge in [0.25, 0.3) is 0 Å². The van der Waals surface area contributed by atoms with Crippen LogP contribution in [0, 0.1) is 0 Å². The van der Waals surface area contributed by atoms with Gasteiger partial charge in [0.2, 0.25) is 0 Å². The van der Waals surface area contributed by atoms with Gasteiger partial charge >= 0.3 is 5.97 Å². The van der Waals surface area contributed by atoms with Gasteiger partial charge < -0.3 is 5.11 Å². The highest BCUT2D eigenvalue weighted by Crippen LogP contribution is 2.31. The summed E-state index contributed by atoms with van der Waals surface area (Å²) in [6.07, 6.45) is -0.101. The van der Waals surface area contributed by atoms with Crippen molar-refractivity contribution in [3.8, 4) is 0 Å². The second-order valence-electron chi connectivity index (χ2n) is 3.36. The maximum absolute atomic E-state index is 11.2. The smallest absolute Gasteiger partial charge is 0.307 e. The Morgan fingerprint density at radius 3 is 2.62 bits per heavy atom. The number of carboxylic acid groups (broad SMARTS) is 1. The number of hydrogen-bond acceptors (Lipinski definition) is 2. The van der Waals surface area contributed by atoms with E-state index in [2.05, 4.69) is 15.9 Å². The molecule has 0 aliphatic rings. The SMILES string of the molecule is CC(=O)C(Cl)c1cccc(CC(=O)O)c1Br. The molecule has 5 heteroatoms. The lowest BCUT2D eigenvalue weighted by Crippen LogP contribution is -2.06. The van der Waals surface area contributed by atoms with Crippen molar-refractivity contribution in [1.82, 2.24) is 0 Å². The minimum Gasteiger partial charge on any atom is -0.481 e. The van der Waals surface area contributed by atoms with E-state index in [9.17, 15) is 9.59 Å². The van der Waals surface area contributed by atoms with Gasteiger partial charge in [-0.05, 0) is 18.1 Å². The number of halogens is 2. The fourth-order valence-electron chi connectivity index (χ4n) is 1.31. The highest BCUT2D eigenvalue weighted by molar-refractivity contribution is 9.10. The van der Waals surface area contributed by atoms with E-state index in [0.717, 1.165) is 0 Å². The van der Waals surface area contributed by atoms with Crippen molar-refractivity contribution in [2.24, 2.45) is 0 Å². The van der Waals surface area contributed by atoms with Crippen LogP contribution in [0.15, 0.2) is 22.7 Å². The quantitative estimate of drug-likeness (QED) is 0.870. The summed E-state index contributed by atoms with van der Waals surface area (Å²) >= 11 is 9.21. The highest BCUT2D eigenvalue weighted by atomic mass is 79.9. The van der Waals surface area contributed by atoms with Crippen LogP contribution in [0.5, 0.6) is 0 Å². The summed E-state index contributed by atoms with van der Waals surface area (Å²) in [4.78, 5) is 21.8. The Hall–Kier alpha value is -0.870. The van der Waals surface area contributed by atoms with Crippen molar-refractivity contribution >= 4 is 39.3 Å². The Balaban J connectivity index is 3.13. The first-order chi connectivity index (χ1) is 7.43. The number of alkyl halides is 1. The van der Waals surface area contributed by atoms with E-state index in [1.165, 1.54) is 6.92 Å². The number of carbonyl (C=O) groups excluding carboxylic acids is 1. The predicted molar refractivity (Wildman–Crippen MR) is 64.8 cm³/mol. The van der Waals surface area contributed by atoms with Crippen LogP contribution < -0.4 is 0 Å². The van der Waals surface area contributed by atoms with Gasteiger partial charge in [0.05, 0.1) is 6.42 Å². The fraction of sp³-hybridized carbons (Fsp3) is 0.273. The van der Waals surface area contributed by atoms with Crippen molar-refractivity contribution < 1.29 is 14.7 Å². The molecule has 0 radical (unpaired) electrons. The zero-order valence-corrected chi connectivity index (χ0v) is 10.9. The lowest BCUT2D eigenvalue weighted by atomic mass is 10.0. The van der Waals surface area contributed by atoms with Crippen LogP contribution in [0.25, 0.3) is 0 Å². The third-order valence-electron chi connectivity index (χ3n) is 2.08. The Morgan fingerprint density at radius 1 is 1.50 bits per heavy atom. The average molecular weight is 306 g/mol. The normalized spacial score (nSPS) is 12.2. The van der Waals surface area contributed by atoms with E-state index in [0.29, 0.717) is 15.6 Å². The molecule has 0 saturated carbocycles. The summed E-state index contributed by atoms with van der Waals surface area (Å²) in [5, 5.41) is 7.96. The Morgan fingerprint density at radius 2 is 2.12 bits per heavy atom. The van der Waals surface area contributed by atoms with Crippen LogP contribution >= 0.6 is 27.5 Å². The number of rotatable bonds is 4. The van der Waals surface area contributed by atoms with Crippen LogP contribution in [0.1, 0.15) is 23.4 Å². The minimum absolute atomic E-state index is 0.101. The molecule has 0 bridgehead atoms. The molecule has 0 spiro atoms. The number of benzene rings is 1. The summed E-state index contributed by atoms with van der Waals surface area (Å²) in [5.41, 5.74) is 1.21. The van der Waals surface area contributed by atoms with E-state index in [-0.39, 0.29) is 12.2 Å². The van der Waals surface area contributed by atoms with Crippen LogP contribution in [0.3, 0.4) is 0 Å². The summed E-state index contributed by atoms with van der Waals surface area (Å²) in [7, 11) is 0. The molecule has 16 heavy (non-hydrogen) atoms. The maximum Gasteiger partial charge on any atom is 0.307 e. The van der Waals surface area contributed by atoms with Gasteiger partial charge in [-0.2, -0.15) is 0 Å². The molecule has 1 unspecified atom stereocenters. The number of aliphatic carboxylic acids is 1.